The summed E-state index contributed by atoms with van der Waals surface area (Å²) in [5.74, 6) is 0.0367. The molecule has 0 saturated heterocycles. The molecule has 0 radical (unpaired) electrons. The molecule has 6 heteroatoms. The molecule has 0 unspecified atom stereocenters. The van der Waals surface area contributed by atoms with Crippen LogP contribution in [-0.4, -0.2) is 16.9 Å². The molecule has 5 nitrogen and oxygen atoms in total. The number of thiocarbonyl (C=S) groups is 1. The van der Waals surface area contributed by atoms with E-state index < -0.39 is 0 Å². The predicted octanol–water partition coefficient (Wildman–Crippen LogP) is 2.26. The lowest BCUT2D eigenvalue weighted by atomic mass is 10.2. The zero-order valence-corrected chi connectivity index (χ0v) is 12.0. The summed E-state index contributed by atoms with van der Waals surface area (Å²) in [6.07, 6.45) is 2.30. The maximum absolute atomic E-state index is 11.6. The van der Waals surface area contributed by atoms with Crippen LogP contribution in [0, 0.1) is 5.92 Å². The fraction of sp³-hybridized carbons (Fsp3) is 0.357. The van der Waals surface area contributed by atoms with Crippen molar-refractivity contribution in [1.29, 1.82) is 0 Å². The Morgan fingerprint density at radius 3 is 2.50 bits per heavy atom. The molecule has 1 aromatic rings. The van der Waals surface area contributed by atoms with Crippen LogP contribution in [-0.2, 0) is 9.59 Å². The summed E-state index contributed by atoms with van der Waals surface area (Å²) < 4.78 is 0. The van der Waals surface area contributed by atoms with E-state index in [4.69, 9.17) is 12.2 Å². The molecule has 2 rings (SSSR count). The molecular weight excluding hydrogens is 274 g/mol. The Balaban J connectivity index is 1.91. The minimum atomic E-state index is -0.0493. The third-order valence-electron chi connectivity index (χ3n) is 2.91. The number of hydrogen-bond donors (Lipinski definition) is 3. The van der Waals surface area contributed by atoms with Gasteiger partial charge in [-0.25, -0.2) is 0 Å². The molecule has 1 aromatic carbocycles. The van der Waals surface area contributed by atoms with Gasteiger partial charge in [-0.05, 0) is 43.3 Å². The molecule has 2 amide bonds. The first-order valence-electron chi connectivity index (χ1n) is 6.60. The summed E-state index contributed by atoms with van der Waals surface area (Å²) in [5.41, 5.74) is 1.41. The van der Waals surface area contributed by atoms with Gasteiger partial charge in [-0.3, -0.25) is 9.59 Å². The van der Waals surface area contributed by atoms with Crippen molar-refractivity contribution < 1.29 is 9.59 Å². The molecule has 1 aliphatic carbocycles. The van der Waals surface area contributed by atoms with Crippen molar-refractivity contribution in [3.63, 3.8) is 0 Å². The van der Waals surface area contributed by atoms with Gasteiger partial charge >= 0.3 is 0 Å². The Labute approximate surface area is 123 Å². The van der Waals surface area contributed by atoms with Gasteiger partial charge in [-0.2, -0.15) is 0 Å². The Morgan fingerprint density at radius 1 is 1.25 bits per heavy atom. The van der Waals surface area contributed by atoms with Crippen molar-refractivity contribution in [2.75, 3.05) is 10.6 Å². The zero-order chi connectivity index (χ0) is 14.5. The van der Waals surface area contributed by atoms with E-state index in [0.29, 0.717) is 12.1 Å². The minimum absolute atomic E-state index is 0.0297. The van der Waals surface area contributed by atoms with E-state index in [2.05, 4.69) is 16.0 Å². The summed E-state index contributed by atoms with van der Waals surface area (Å²) >= 11 is 5.08. The van der Waals surface area contributed by atoms with Gasteiger partial charge in [0.25, 0.3) is 0 Å². The standard InChI is InChI=1S/C14H17N3O2S/c1-2-12(18)15-10-4-3-5-11(8-10)16-14(20)17-13(19)9-6-7-9/h3-5,8-9H,2,6-7H2,1H3,(H,15,18)(H2,16,17,19,20). The quantitative estimate of drug-likeness (QED) is 0.744. The zero-order valence-electron chi connectivity index (χ0n) is 11.2. The van der Waals surface area contributed by atoms with E-state index in [0.717, 1.165) is 18.5 Å². The molecule has 0 aromatic heterocycles. The number of nitrogens with one attached hydrogen (secondary N) is 3. The normalized spacial score (nSPS) is 13.4. The average molecular weight is 291 g/mol. The fourth-order valence-electron chi connectivity index (χ4n) is 1.65. The highest BCUT2D eigenvalue weighted by Gasteiger charge is 2.29. The summed E-state index contributed by atoms with van der Waals surface area (Å²) in [7, 11) is 0. The highest BCUT2D eigenvalue weighted by Crippen LogP contribution is 2.28. The number of anilines is 2. The molecular formula is C14H17N3O2S. The number of carbonyl (C=O) groups is 2. The Hall–Kier alpha value is -1.95. The molecule has 0 bridgehead atoms. The smallest absolute Gasteiger partial charge is 0.229 e. The van der Waals surface area contributed by atoms with Crippen molar-refractivity contribution >= 4 is 40.5 Å². The number of hydrogen-bond acceptors (Lipinski definition) is 3. The van der Waals surface area contributed by atoms with Crippen molar-refractivity contribution in [3.8, 4) is 0 Å². The van der Waals surface area contributed by atoms with Crippen molar-refractivity contribution in [1.82, 2.24) is 5.32 Å². The highest BCUT2D eigenvalue weighted by atomic mass is 32.1. The molecule has 1 fully saturated rings. The second-order valence-corrected chi connectivity index (χ2v) is 5.11. The second kappa shape index (κ2) is 6.47. The van der Waals surface area contributed by atoms with Crippen LogP contribution in [0.4, 0.5) is 11.4 Å². The Bertz CT molecular complexity index is 541. The lowest BCUT2D eigenvalue weighted by Crippen LogP contribution is -2.35. The summed E-state index contributed by atoms with van der Waals surface area (Å²) in [6.45, 7) is 1.79. The van der Waals surface area contributed by atoms with Gasteiger partial charge in [0.1, 0.15) is 0 Å². The molecule has 20 heavy (non-hydrogen) atoms. The van der Waals surface area contributed by atoms with Crippen molar-refractivity contribution in [3.05, 3.63) is 24.3 Å². The molecule has 3 N–H and O–H groups in total. The van der Waals surface area contributed by atoms with Gasteiger partial charge in [0.15, 0.2) is 5.11 Å². The van der Waals surface area contributed by atoms with Crippen molar-refractivity contribution in [2.24, 2.45) is 5.92 Å². The van der Waals surface area contributed by atoms with Crippen LogP contribution in [0.15, 0.2) is 24.3 Å². The third kappa shape index (κ3) is 4.31. The molecule has 0 heterocycles. The number of benzene rings is 1. The van der Waals surface area contributed by atoms with Gasteiger partial charge in [0.05, 0.1) is 0 Å². The van der Waals surface area contributed by atoms with Gasteiger partial charge in [0.2, 0.25) is 11.8 Å². The Morgan fingerprint density at radius 2 is 1.90 bits per heavy atom. The van der Waals surface area contributed by atoms with E-state index in [1.807, 2.05) is 6.07 Å². The third-order valence-corrected chi connectivity index (χ3v) is 3.11. The lowest BCUT2D eigenvalue weighted by Gasteiger charge is -2.10. The van der Waals surface area contributed by atoms with Crippen LogP contribution in [0.1, 0.15) is 26.2 Å². The SMILES string of the molecule is CCC(=O)Nc1cccc(NC(=S)NC(=O)C2CC2)c1. The van der Waals surface area contributed by atoms with Crippen LogP contribution in [0.2, 0.25) is 0 Å². The van der Waals surface area contributed by atoms with Crippen LogP contribution in [0.25, 0.3) is 0 Å². The van der Waals surface area contributed by atoms with E-state index in [1.54, 1.807) is 25.1 Å². The van der Waals surface area contributed by atoms with E-state index in [1.165, 1.54) is 0 Å². The van der Waals surface area contributed by atoms with E-state index >= 15 is 0 Å². The van der Waals surface area contributed by atoms with Crippen molar-refractivity contribution in [2.45, 2.75) is 26.2 Å². The van der Waals surface area contributed by atoms with Gasteiger partial charge in [0, 0.05) is 23.7 Å². The fourth-order valence-corrected chi connectivity index (χ4v) is 1.86. The molecule has 1 aliphatic rings. The van der Waals surface area contributed by atoms with Crippen LogP contribution < -0.4 is 16.0 Å². The largest absolute Gasteiger partial charge is 0.332 e. The second-order valence-electron chi connectivity index (χ2n) is 4.70. The lowest BCUT2D eigenvalue weighted by molar-refractivity contribution is -0.120. The van der Waals surface area contributed by atoms with E-state index in [-0.39, 0.29) is 22.8 Å². The molecule has 0 aliphatic heterocycles. The monoisotopic (exact) mass is 291 g/mol. The number of rotatable bonds is 4. The van der Waals surface area contributed by atoms with Crippen LogP contribution in [0.3, 0.4) is 0 Å². The Kier molecular flexibility index (Phi) is 4.68. The van der Waals surface area contributed by atoms with Crippen LogP contribution in [0.5, 0.6) is 0 Å². The van der Waals surface area contributed by atoms with Gasteiger partial charge < -0.3 is 16.0 Å². The molecule has 1 saturated carbocycles. The number of carbonyl (C=O) groups excluding carboxylic acids is 2. The highest BCUT2D eigenvalue weighted by molar-refractivity contribution is 7.80. The molecule has 0 spiro atoms. The summed E-state index contributed by atoms with van der Waals surface area (Å²) in [6, 6.07) is 7.18. The maximum Gasteiger partial charge on any atom is 0.229 e. The predicted molar refractivity (Wildman–Crippen MR) is 82.5 cm³/mol. The number of amides is 2. The first kappa shape index (κ1) is 14.5. The van der Waals surface area contributed by atoms with Gasteiger partial charge in [-0.15, -0.1) is 0 Å². The molecule has 0 atom stereocenters. The average Bonchev–Trinajstić information content (AvgIpc) is 3.23. The van der Waals surface area contributed by atoms with Crippen LogP contribution >= 0.6 is 12.2 Å². The van der Waals surface area contributed by atoms with Gasteiger partial charge in [-0.1, -0.05) is 13.0 Å². The summed E-state index contributed by atoms with van der Waals surface area (Å²) in [5, 5.41) is 8.63. The maximum atomic E-state index is 11.6. The molecule has 106 valence electrons. The minimum Gasteiger partial charge on any atom is -0.332 e. The first-order chi connectivity index (χ1) is 9.58. The topological polar surface area (TPSA) is 70.2 Å². The van der Waals surface area contributed by atoms with E-state index in [9.17, 15) is 9.59 Å². The first-order valence-corrected chi connectivity index (χ1v) is 7.01. The summed E-state index contributed by atoms with van der Waals surface area (Å²) in [4.78, 5) is 22.9.